The first-order valence-electron chi connectivity index (χ1n) is 2.95. The summed E-state index contributed by atoms with van der Waals surface area (Å²) in [5, 5.41) is 11.0. The predicted octanol–water partition coefficient (Wildman–Crippen LogP) is 0.996. The largest absolute Gasteiger partial charge is 1.00 e. The van der Waals surface area contributed by atoms with Crippen LogP contribution in [0.25, 0.3) is 0 Å². The molecule has 0 atom stereocenters. The molecule has 0 unspecified atom stereocenters. The molecule has 0 saturated carbocycles. The summed E-state index contributed by atoms with van der Waals surface area (Å²) >= 11 is 0. The van der Waals surface area contributed by atoms with Crippen LogP contribution in [0.2, 0.25) is 0 Å². The van der Waals surface area contributed by atoms with Crippen LogP contribution in [0.3, 0.4) is 0 Å². The maximum absolute atomic E-state index is 11.0. The standard InChI is InChI=1S/C8H10O.Tl/c1-6-4-3-5-7(2)8(6)9;/h3-5,9H,1-2H3;/q;+1/p-1. The Morgan fingerprint density at radius 2 is 1.50 bits per heavy atom. The van der Waals surface area contributed by atoms with E-state index in [0.717, 1.165) is 11.1 Å². The average molecular weight is 326 g/mol. The molecule has 0 N–H and O–H groups in total. The van der Waals surface area contributed by atoms with Crippen molar-refractivity contribution in [3.8, 4) is 5.75 Å². The number of hydrogen-bond donors (Lipinski definition) is 0. The topological polar surface area (TPSA) is 23.1 Å². The van der Waals surface area contributed by atoms with E-state index in [0.29, 0.717) is 0 Å². The summed E-state index contributed by atoms with van der Waals surface area (Å²) in [5.74, 6) is 0.164. The molecule has 1 nitrogen and oxygen atoms in total. The second-order valence-electron chi connectivity index (χ2n) is 2.22. The van der Waals surface area contributed by atoms with E-state index in [1.165, 1.54) is 0 Å². The first-order valence-corrected chi connectivity index (χ1v) is 2.95. The maximum Gasteiger partial charge on any atom is 1.00 e. The van der Waals surface area contributed by atoms with E-state index >= 15 is 0 Å². The van der Waals surface area contributed by atoms with Gasteiger partial charge in [0.25, 0.3) is 0 Å². The van der Waals surface area contributed by atoms with Crippen LogP contribution in [-0.2, 0) is 0 Å². The molecule has 0 aliphatic rings. The minimum atomic E-state index is 0. The fourth-order valence-corrected chi connectivity index (χ4v) is 0.799. The van der Waals surface area contributed by atoms with Crippen molar-refractivity contribution in [1.29, 1.82) is 0 Å². The summed E-state index contributed by atoms with van der Waals surface area (Å²) in [6, 6.07) is 5.55. The smallest absolute Gasteiger partial charge is 0.872 e. The Hall–Kier alpha value is -0.0579. The monoisotopic (exact) mass is 326 g/mol. The predicted molar refractivity (Wildman–Crippen MR) is 41.1 cm³/mol. The van der Waals surface area contributed by atoms with Gasteiger partial charge in [0.2, 0.25) is 0 Å². The molecule has 0 heterocycles. The van der Waals surface area contributed by atoms with E-state index in [-0.39, 0.29) is 33.0 Å². The van der Waals surface area contributed by atoms with Gasteiger partial charge in [-0.15, -0.1) is 5.75 Å². The van der Waals surface area contributed by atoms with E-state index in [2.05, 4.69) is 0 Å². The zero-order valence-corrected chi connectivity index (χ0v) is 10.7. The molecule has 0 bridgehead atoms. The molecule has 0 amide bonds. The van der Waals surface area contributed by atoms with Gasteiger partial charge in [0, 0.05) is 0 Å². The minimum Gasteiger partial charge on any atom is -0.872 e. The number of rotatable bonds is 0. The molecular weight excluding hydrogens is 316 g/mol. The minimum absolute atomic E-state index is 0. The molecule has 0 radical (unpaired) electrons. The molecule has 0 aromatic heterocycles. The molecule has 0 fully saturated rings. The second kappa shape index (κ2) is 3.96. The van der Waals surface area contributed by atoms with Crippen LogP contribution >= 0.6 is 0 Å². The Morgan fingerprint density at radius 3 is 1.80 bits per heavy atom. The third-order valence-electron chi connectivity index (χ3n) is 1.41. The zero-order valence-electron chi connectivity index (χ0n) is 6.22. The zero-order chi connectivity index (χ0) is 6.85. The number of hydrogen-bond acceptors (Lipinski definition) is 1. The van der Waals surface area contributed by atoms with Crippen molar-refractivity contribution in [3.63, 3.8) is 0 Å². The van der Waals surface area contributed by atoms with E-state index in [1.54, 1.807) is 0 Å². The SMILES string of the molecule is Cc1cccc(C)c1[O-].[Tl+]. The summed E-state index contributed by atoms with van der Waals surface area (Å²) < 4.78 is 0. The third kappa shape index (κ3) is 1.97. The maximum atomic E-state index is 11.0. The Balaban J connectivity index is 0.000000810. The number of benzene rings is 1. The van der Waals surface area contributed by atoms with E-state index < -0.39 is 0 Å². The fourth-order valence-electron chi connectivity index (χ4n) is 0.799. The molecule has 0 spiro atoms. The number of aryl methyl sites for hydroxylation is 2. The van der Waals surface area contributed by atoms with E-state index in [4.69, 9.17) is 0 Å². The van der Waals surface area contributed by atoms with E-state index in [1.807, 2.05) is 32.0 Å². The summed E-state index contributed by atoms with van der Waals surface area (Å²) in [5.41, 5.74) is 1.66. The van der Waals surface area contributed by atoms with Crippen LogP contribution < -0.4 is 5.11 Å². The fraction of sp³-hybridized carbons (Fsp3) is 0.250. The molecule has 0 aliphatic heterocycles. The van der Waals surface area contributed by atoms with Crippen LogP contribution in [0.1, 0.15) is 11.1 Å². The summed E-state index contributed by atoms with van der Waals surface area (Å²) in [6.07, 6.45) is 0. The van der Waals surface area contributed by atoms with Crippen molar-refractivity contribution in [2.24, 2.45) is 0 Å². The van der Waals surface area contributed by atoms with Gasteiger partial charge in [0.05, 0.1) is 0 Å². The van der Waals surface area contributed by atoms with Gasteiger partial charge in [-0.25, -0.2) is 0 Å². The normalized spacial score (nSPS) is 8.60. The molecular formula is C8H9OTl. The van der Waals surface area contributed by atoms with Gasteiger partial charge >= 0.3 is 27.3 Å². The van der Waals surface area contributed by atoms with Gasteiger partial charge in [-0.3, -0.25) is 0 Å². The number of para-hydroxylation sites is 1. The molecule has 0 saturated heterocycles. The molecule has 10 heavy (non-hydrogen) atoms. The summed E-state index contributed by atoms with van der Waals surface area (Å²) in [4.78, 5) is 0. The average Bonchev–Trinajstić information content (AvgIpc) is 1.83. The summed E-state index contributed by atoms with van der Waals surface area (Å²) in [6.45, 7) is 3.66. The third-order valence-corrected chi connectivity index (χ3v) is 1.41. The molecule has 1 aromatic rings. The summed E-state index contributed by atoms with van der Waals surface area (Å²) in [7, 11) is 0. The first kappa shape index (κ1) is 9.94. The molecule has 0 aliphatic carbocycles. The van der Waals surface area contributed by atoms with Gasteiger partial charge in [-0.2, -0.15) is 0 Å². The van der Waals surface area contributed by atoms with Gasteiger partial charge in [0.1, 0.15) is 0 Å². The van der Waals surface area contributed by atoms with Crippen molar-refractivity contribution < 1.29 is 5.11 Å². The van der Waals surface area contributed by atoms with Crippen LogP contribution in [0.5, 0.6) is 5.75 Å². The first-order chi connectivity index (χ1) is 4.22. The van der Waals surface area contributed by atoms with Crippen molar-refractivity contribution in [2.75, 3.05) is 0 Å². The van der Waals surface area contributed by atoms with Crippen LogP contribution in [0, 0.1) is 13.8 Å². The molecule has 1 aromatic carbocycles. The van der Waals surface area contributed by atoms with Crippen molar-refractivity contribution in [3.05, 3.63) is 29.3 Å². The van der Waals surface area contributed by atoms with Gasteiger partial charge in [0.15, 0.2) is 0 Å². The van der Waals surface area contributed by atoms with Gasteiger partial charge < -0.3 is 5.11 Å². The van der Waals surface area contributed by atoms with E-state index in [9.17, 15) is 5.11 Å². The van der Waals surface area contributed by atoms with Crippen LogP contribution in [0.15, 0.2) is 18.2 Å². The van der Waals surface area contributed by atoms with Crippen molar-refractivity contribution in [1.82, 2.24) is 0 Å². The molecule has 2 heteroatoms. The Bertz CT molecular complexity index is 200. The Kier molecular flexibility index (Phi) is 3.93. The molecule has 1 rings (SSSR count). The molecule has 50 valence electrons. The van der Waals surface area contributed by atoms with Gasteiger partial charge in [-0.1, -0.05) is 29.3 Å². The van der Waals surface area contributed by atoms with Gasteiger partial charge in [-0.05, 0) is 13.8 Å². The Morgan fingerprint density at radius 1 is 1.10 bits per heavy atom. The Labute approximate surface area is 81.2 Å². The van der Waals surface area contributed by atoms with Crippen molar-refractivity contribution in [2.45, 2.75) is 13.8 Å². The van der Waals surface area contributed by atoms with Crippen LogP contribution in [0.4, 0.5) is 0 Å². The van der Waals surface area contributed by atoms with Crippen LogP contribution in [-0.4, -0.2) is 27.3 Å². The second-order valence-corrected chi connectivity index (χ2v) is 2.22. The quantitative estimate of drug-likeness (QED) is 0.653. The van der Waals surface area contributed by atoms with Crippen molar-refractivity contribution >= 4 is 27.3 Å².